The van der Waals surface area contributed by atoms with Gasteiger partial charge in [0.2, 0.25) is 5.91 Å². The summed E-state index contributed by atoms with van der Waals surface area (Å²) < 4.78 is 0. The molecular formula is C17H18N2O. The van der Waals surface area contributed by atoms with Gasteiger partial charge >= 0.3 is 0 Å². The third kappa shape index (κ3) is 2.39. The van der Waals surface area contributed by atoms with Crippen LogP contribution in [0.3, 0.4) is 0 Å². The molecule has 1 aliphatic rings. The lowest BCUT2D eigenvalue weighted by Crippen LogP contribution is -2.34. The summed E-state index contributed by atoms with van der Waals surface area (Å²) >= 11 is 0. The average molecular weight is 266 g/mol. The summed E-state index contributed by atoms with van der Waals surface area (Å²) in [5, 5.41) is 3.36. The van der Waals surface area contributed by atoms with E-state index in [-0.39, 0.29) is 11.8 Å². The summed E-state index contributed by atoms with van der Waals surface area (Å²) in [6.07, 6.45) is 0. The van der Waals surface area contributed by atoms with Crippen molar-refractivity contribution in [2.45, 2.75) is 13.5 Å². The Hall–Kier alpha value is -2.29. The van der Waals surface area contributed by atoms with Gasteiger partial charge in [0.05, 0.1) is 23.8 Å². The second-order valence-corrected chi connectivity index (χ2v) is 5.21. The van der Waals surface area contributed by atoms with Gasteiger partial charge in [-0.2, -0.15) is 0 Å². The highest BCUT2D eigenvalue weighted by atomic mass is 16.2. The zero-order valence-corrected chi connectivity index (χ0v) is 11.5. The summed E-state index contributed by atoms with van der Waals surface area (Å²) in [5.74, 6) is 0.150. The predicted octanol–water partition coefficient (Wildman–Crippen LogP) is 3.28. The molecule has 1 atom stereocenters. The number of fused-ring (bicyclic) bond motifs is 1. The van der Waals surface area contributed by atoms with E-state index in [1.54, 1.807) is 0 Å². The predicted molar refractivity (Wildman–Crippen MR) is 81.7 cm³/mol. The minimum atomic E-state index is -0.0221. The molecule has 2 aromatic carbocycles. The number of anilines is 2. The number of hydrogen-bond acceptors (Lipinski definition) is 2. The van der Waals surface area contributed by atoms with E-state index in [4.69, 9.17) is 0 Å². The van der Waals surface area contributed by atoms with Crippen LogP contribution in [0.2, 0.25) is 0 Å². The van der Waals surface area contributed by atoms with E-state index in [9.17, 15) is 4.79 Å². The maximum Gasteiger partial charge on any atom is 0.231 e. The van der Waals surface area contributed by atoms with Crippen molar-refractivity contribution >= 4 is 17.3 Å². The Morgan fingerprint density at radius 1 is 1.10 bits per heavy atom. The number of nitrogens with one attached hydrogen (secondary N) is 1. The lowest BCUT2D eigenvalue weighted by molar-refractivity contribution is -0.121. The van der Waals surface area contributed by atoms with E-state index in [0.29, 0.717) is 13.1 Å². The molecule has 1 aliphatic heterocycles. The molecule has 0 radical (unpaired) electrons. The highest BCUT2D eigenvalue weighted by Gasteiger charge is 2.27. The molecule has 0 saturated carbocycles. The Kier molecular flexibility index (Phi) is 3.42. The second-order valence-electron chi connectivity index (χ2n) is 5.21. The topological polar surface area (TPSA) is 32.3 Å². The Bertz CT molecular complexity index is 609. The summed E-state index contributed by atoms with van der Waals surface area (Å²) in [6, 6.07) is 18.1. The lowest BCUT2D eigenvalue weighted by atomic mass is 10.1. The number of amides is 1. The van der Waals surface area contributed by atoms with Crippen LogP contribution in [0.4, 0.5) is 11.4 Å². The van der Waals surface area contributed by atoms with Crippen LogP contribution in [0.25, 0.3) is 0 Å². The van der Waals surface area contributed by atoms with Crippen LogP contribution < -0.4 is 10.2 Å². The molecular weight excluding hydrogens is 248 g/mol. The Balaban J connectivity index is 1.99. The number of para-hydroxylation sites is 2. The van der Waals surface area contributed by atoms with Gasteiger partial charge in [0, 0.05) is 6.54 Å². The van der Waals surface area contributed by atoms with E-state index >= 15 is 0 Å². The number of carbonyl (C=O) groups is 1. The molecule has 1 heterocycles. The van der Waals surface area contributed by atoms with Crippen LogP contribution in [0.15, 0.2) is 54.6 Å². The standard InChI is InChI=1S/C17H18N2O/c1-13-11-18-15-9-5-6-10-16(15)19(17(13)20)12-14-7-3-2-4-8-14/h2-10,13,18H,11-12H2,1H3. The van der Waals surface area contributed by atoms with Crippen molar-refractivity contribution in [3.63, 3.8) is 0 Å². The number of hydrogen-bond donors (Lipinski definition) is 1. The molecule has 0 saturated heterocycles. The SMILES string of the molecule is CC1CNc2ccccc2N(Cc2ccccc2)C1=O. The third-order valence-electron chi connectivity index (χ3n) is 3.66. The third-order valence-corrected chi connectivity index (χ3v) is 3.66. The lowest BCUT2D eigenvalue weighted by Gasteiger charge is -2.24. The summed E-state index contributed by atoms with van der Waals surface area (Å²) in [7, 11) is 0. The van der Waals surface area contributed by atoms with Crippen molar-refractivity contribution in [3.8, 4) is 0 Å². The van der Waals surface area contributed by atoms with Gasteiger partial charge in [0.15, 0.2) is 0 Å². The second kappa shape index (κ2) is 5.37. The van der Waals surface area contributed by atoms with Crippen molar-refractivity contribution in [3.05, 3.63) is 60.2 Å². The summed E-state index contributed by atoms with van der Waals surface area (Å²) in [4.78, 5) is 14.5. The van der Waals surface area contributed by atoms with Gasteiger partial charge in [0.25, 0.3) is 0 Å². The first-order valence-electron chi connectivity index (χ1n) is 6.94. The molecule has 3 rings (SSSR count). The summed E-state index contributed by atoms with van der Waals surface area (Å²) in [6.45, 7) is 3.27. The molecule has 1 N–H and O–H groups in total. The summed E-state index contributed by atoms with van der Waals surface area (Å²) in [5.41, 5.74) is 3.14. The molecule has 2 aromatic rings. The molecule has 0 bridgehead atoms. The van der Waals surface area contributed by atoms with Gasteiger partial charge in [-0.1, -0.05) is 49.4 Å². The zero-order valence-electron chi connectivity index (χ0n) is 11.5. The van der Waals surface area contributed by atoms with Gasteiger partial charge in [-0.15, -0.1) is 0 Å². The molecule has 0 spiro atoms. The molecule has 20 heavy (non-hydrogen) atoms. The molecule has 0 aliphatic carbocycles. The van der Waals surface area contributed by atoms with Crippen LogP contribution >= 0.6 is 0 Å². The highest BCUT2D eigenvalue weighted by molar-refractivity contribution is 5.99. The molecule has 102 valence electrons. The Morgan fingerprint density at radius 2 is 1.80 bits per heavy atom. The van der Waals surface area contributed by atoms with Gasteiger partial charge in [-0.25, -0.2) is 0 Å². The fraction of sp³-hybridized carbons (Fsp3) is 0.235. The first-order chi connectivity index (χ1) is 9.75. The number of benzene rings is 2. The van der Waals surface area contributed by atoms with Crippen molar-refractivity contribution in [2.24, 2.45) is 5.92 Å². The molecule has 3 nitrogen and oxygen atoms in total. The Morgan fingerprint density at radius 3 is 2.60 bits per heavy atom. The van der Waals surface area contributed by atoms with Gasteiger partial charge in [-0.05, 0) is 17.7 Å². The minimum Gasteiger partial charge on any atom is -0.383 e. The van der Waals surface area contributed by atoms with Crippen LogP contribution in [-0.4, -0.2) is 12.5 Å². The van der Waals surface area contributed by atoms with Gasteiger partial charge in [0.1, 0.15) is 0 Å². The number of nitrogens with zero attached hydrogens (tertiary/aromatic N) is 1. The van der Waals surface area contributed by atoms with E-state index < -0.39 is 0 Å². The van der Waals surface area contributed by atoms with Gasteiger partial charge in [-0.3, -0.25) is 4.79 Å². The van der Waals surface area contributed by atoms with Crippen molar-refractivity contribution < 1.29 is 4.79 Å². The fourth-order valence-electron chi connectivity index (χ4n) is 2.52. The maximum atomic E-state index is 12.6. The molecule has 3 heteroatoms. The van der Waals surface area contributed by atoms with Crippen LogP contribution in [-0.2, 0) is 11.3 Å². The minimum absolute atomic E-state index is 0.0221. The number of carbonyl (C=O) groups excluding carboxylic acids is 1. The first kappa shape index (κ1) is 12.7. The zero-order chi connectivity index (χ0) is 13.9. The molecule has 1 amide bonds. The monoisotopic (exact) mass is 266 g/mol. The van der Waals surface area contributed by atoms with Crippen LogP contribution in [0, 0.1) is 5.92 Å². The van der Waals surface area contributed by atoms with Crippen molar-refractivity contribution in [2.75, 3.05) is 16.8 Å². The molecule has 1 unspecified atom stereocenters. The maximum absolute atomic E-state index is 12.6. The molecule has 0 aromatic heterocycles. The van der Waals surface area contributed by atoms with E-state index in [2.05, 4.69) is 17.4 Å². The van der Waals surface area contributed by atoms with Crippen molar-refractivity contribution in [1.29, 1.82) is 0 Å². The Labute approximate surface area is 119 Å². The normalized spacial score (nSPS) is 18.1. The van der Waals surface area contributed by atoms with E-state index in [1.807, 2.05) is 54.3 Å². The number of rotatable bonds is 2. The molecule has 0 fully saturated rings. The van der Waals surface area contributed by atoms with Crippen LogP contribution in [0.5, 0.6) is 0 Å². The largest absolute Gasteiger partial charge is 0.383 e. The van der Waals surface area contributed by atoms with Crippen LogP contribution in [0.1, 0.15) is 12.5 Å². The quantitative estimate of drug-likeness (QED) is 0.904. The van der Waals surface area contributed by atoms with E-state index in [0.717, 1.165) is 16.9 Å². The average Bonchev–Trinajstić information content (AvgIpc) is 2.61. The van der Waals surface area contributed by atoms with E-state index in [1.165, 1.54) is 0 Å². The van der Waals surface area contributed by atoms with Crippen molar-refractivity contribution in [1.82, 2.24) is 0 Å². The fourth-order valence-corrected chi connectivity index (χ4v) is 2.52. The van der Waals surface area contributed by atoms with Gasteiger partial charge < -0.3 is 10.2 Å². The first-order valence-corrected chi connectivity index (χ1v) is 6.94. The smallest absolute Gasteiger partial charge is 0.231 e. The highest BCUT2D eigenvalue weighted by Crippen LogP contribution is 2.31.